The monoisotopic (exact) mass is 464 g/mol. The summed E-state index contributed by atoms with van der Waals surface area (Å²) in [6, 6.07) is 3.05. The molecule has 4 aliphatic rings. The van der Waals surface area contributed by atoms with E-state index >= 15 is 0 Å². The van der Waals surface area contributed by atoms with E-state index in [1.54, 1.807) is 6.92 Å². The number of fused-ring (bicyclic) bond motifs is 2. The molecule has 0 amide bonds. The third kappa shape index (κ3) is 3.90. The smallest absolute Gasteiger partial charge is 0.346 e. The molecule has 0 aromatic rings. The van der Waals surface area contributed by atoms with E-state index in [0.717, 1.165) is 18.1 Å². The number of ketones is 1. The standard InChI is InChI=1S/C25H40O6Si/c1-8-18-22(31-32(9-2,10-3)11-4)21-17(7)13-25(18)23(29-21)19(24(28)30-25)20(27)16(6)12-15(5)14-26/h8,15-18,21-22,26H,1,9-14H2,2-7H3/t15-,16+,17?,18?,21?,22?,25+/m0/s1. The van der Waals surface area contributed by atoms with Crippen LogP contribution in [0.4, 0.5) is 0 Å². The maximum absolute atomic E-state index is 13.3. The lowest BCUT2D eigenvalue weighted by molar-refractivity contribution is -0.217. The number of carbonyl (C=O) groups excluding carboxylic acids is 2. The summed E-state index contributed by atoms with van der Waals surface area (Å²) < 4.78 is 19.4. The zero-order valence-corrected chi connectivity index (χ0v) is 21.5. The number of aliphatic hydroxyl groups excluding tert-OH is 1. The second-order valence-corrected chi connectivity index (χ2v) is 14.8. The van der Waals surface area contributed by atoms with E-state index in [4.69, 9.17) is 13.9 Å². The van der Waals surface area contributed by atoms with Crippen LogP contribution in [0.1, 0.15) is 54.4 Å². The van der Waals surface area contributed by atoms with Crippen LogP contribution < -0.4 is 0 Å². The van der Waals surface area contributed by atoms with Crippen molar-refractivity contribution in [3.63, 3.8) is 0 Å². The highest BCUT2D eigenvalue weighted by atomic mass is 28.4. The number of hydrogen-bond acceptors (Lipinski definition) is 6. The van der Waals surface area contributed by atoms with Crippen LogP contribution in [0.2, 0.25) is 18.1 Å². The van der Waals surface area contributed by atoms with Gasteiger partial charge in [-0.05, 0) is 36.4 Å². The Bertz CT molecular complexity index is 779. The largest absolute Gasteiger partial charge is 0.486 e. The first-order valence-corrected chi connectivity index (χ1v) is 14.8. The van der Waals surface area contributed by atoms with Gasteiger partial charge in [0.2, 0.25) is 0 Å². The molecule has 4 rings (SSSR count). The molecule has 180 valence electrons. The summed E-state index contributed by atoms with van der Waals surface area (Å²) in [6.45, 7) is 16.4. The SMILES string of the molecule is C=CC1C(O[Si](CC)(CC)CC)C2OC3=C(C(=O)[C@H](C)C[C@H](C)CO)C(=O)O[C@@]31CC2C. The molecular formula is C25H40O6Si. The van der Waals surface area contributed by atoms with Gasteiger partial charge in [-0.1, -0.05) is 47.6 Å². The van der Waals surface area contributed by atoms with Crippen LogP contribution in [-0.4, -0.2) is 49.6 Å². The zero-order valence-electron chi connectivity index (χ0n) is 20.5. The van der Waals surface area contributed by atoms with E-state index in [-0.39, 0.29) is 47.9 Å². The number of aliphatic hydroxyl groups is 1. The van der Waals surface area contributed by atoms with Crippen LogP contribution in [0, 0.1) is 23.7 Å². The summed E-state index contributed by atoms with van der Waals surface area (Å²) in [4.78, 5) is 26.3. The van der Waals surface area contributed by atoms with Crippen LogP contribution in [0.5, 0.6) is 0 Å². The maximum Gasteiger partial charge on any atom is 0.346 e. The molecular weight excluding hydrogens is 424 g/mol. The molecule has 3 heterocycles. The maximum atomic E-state index is 13.3. The average Bonchev–Trinajstić information content (AvgIpc) is 3.07. The van der Waals surface area contributed by atoms with Crippen LogP contribution in [0.3, 0.4) is 0 Å². The van der Waals surface area contributed by atoms with Crippen LogP contribution in [0.15, 0.2) is 24.0 Å². The molecule has 32 heavy (non-hydrogen) atoms. The van der Waals surface area contributed by atoms with Gasteiger partial charge in [0, 0.05) is 18.9 Å². The normalized spacial score (nSPS) is 33.4. The molecule has 3 fully saturated rings. The summed E-state index contributed by atoms with van der Waals surface area (Å²) in [5.41, 5.74) is -0.963. The number of hydrogen-bond donors (Lipinski definition) is 1. The van der Waals surface area contributed by atoms with E-state index in [1.165, 1.54) is 0 Å². The fourth-order valence-electron chi connectivity index (χ4n) is 5.92. The van der Waals surface area contributed by atoms with Gasteiger partial charge in [0.05, 0.1) is 12.0 Å². The van der Waals surface area contributed by atoms with Gasteiger partial charge in [-0.2, -0.15) is 0 Å². The summed E-state index contributed by atoms with van der Waals surface area (Å²) in [5, 5.41) is 9.37. The molecule has 7 atom stereocenters. The van der Waals surface area contributed by atoms with Crippen molar-refractivity contribution in [2.45, 2.75) is 90.3 Å². The van der Waals surface area contributed by atoms with Crippen LogP contribution in [-0.2, 0) is 23.5 Å². The zero-order chi connectivity index (χ0) is 23.8. The second kappa shape index (κ2) is 9.43. The lowest BCUT2D eigenvalue weighted by atomic mass is 9.64. The third-order valence-corrected chi connectivity index (χ3v) is 12.7. The van der Waals surface area contributed by atoms with E-state index < -0.39 is 25.8 Å². The third-order valence-electron chi connectivity index (χ3n) is 8.08. The number of Topliss-reactive ketones (excluding diaryl/α,β-unsaturated/α-hetero) is 1. The highest BCUT2D eigenvalue weighted by molar-refractivity contribution is 6.73. The predicted octanol–water partition coefficient (Wildman–Crippen LogP) is 4.39. The Morgan fingerprint density at radius 3 is 2.47 bits per heavy atom. The van der Waals surface area contributed by atoms with E-state index in [1.807, 2.05) is 13.0 Å². The second-order valence-electron chi connectivity index (χ2n) is 10.1. The summed E-state index contributed by atoms with van der Waals surface area (Å²) in [7, 11) is -1.95. The van der Waals surface area contributed by atoms with Gasteiger partial charge in [-0.15, -0.1) is 6.58 Å². The molecule has 2 saturated heterocycles. The van der Waals surface area contributed by atoms with Gasteiger partial charge < -0.3 is 19.0 Å². The molecule has 0 aromatic carbocycles. The Kier molecular flexibility index (Phi) is 7.42. The Labute approximate surface area is 193 Å². The van der Waals surface area contributed by atoms with Gasteiger partial charge in [0.15, 0.2) is 25.5 Å². The molecule has 4 unspecified atom stereocenters. The first kappa shape index (κ1) is 25.2. The van der Waals surface area contributed by atoms with Crippen molar-refractivity contribution < 1.29 is 28.6 Å². The fraction of sp³-hybridized carbons (Fsp3) is 0.760. The first-order valence-electron chi connectivity index (χ1n) is 12.2. The van der Waals surface area contributed by atoms with Crippen molar-refractivity contribution in [3.8, 4) is 0 Å². The van der Waals surface area contributed by atoms with Crippen molar-refractivity contribution in [1.29, 1.82) is 0 Å². The molecule has 0 aromatic heterocycles. The number of carbonyl (C=O) groups is 2. The summed E-state index contributed by atoms with van der Waals surface area (Å²) in [6.07, 6.45) is 2.47. The predicted molar refractivity (Wildman–Crippen MR) is 125 cm³/mol. The highest BCUT2D eigenvalue weighted by Crippen LogP contribution is 2.57. The molecule has 2 bridgehead atoms. The van der Waals surface area contributed by atoms with Gasteiger partial charge in [-0.3, -0.25) is 4.79 Å². The minimum atomic E-state index is -1.95. The van der Waals surface area contributed by atoms with Gasteiger partial charge >= 0.3 is 5.97 Å². The van der Waals surface area contributed by atoms with E-state index in [9.17, 15) is 14.7 Å². The van der Waals surface area contributed by atoms with Crippen LogP contribution in [0.25, 0.3) is 0 Å². The van der Waals surface area contributed by atoms with Crippen molar-refractivity contribution in [3.05, 3.63) is 24.0 Å². The van der Waals surface area contributed by atoms with Gasteiger partial charge in [-0.25, -0.2) is 4.79 Å². The Morgan fingerprint density at radius 1 is 1.31 bits per heavy atom. The van der Waals surface area contributed by atoms with Crippen molar-refractivity contribution in [2.75, 3.05) is 6.61 Å². The molecule has 0 radical (unpaired) electrons. The summed E-state index contributed by atoms with van der Waals surface area (Å²) in [5.74, 6) is -1.01. The Balaban J connectivity index is 2.01. The molecule has 7 heteroatoms. The Morgan fingerprint density at radius 2 is 1.94 bits per heavy atom. The van der Waals surface area contributed by atoms with E-state index in [0.29, 0.717) is 18.6 Å². The number of esters is 1. The molecule has 1 saturated carbocycles. The lowest BCUT2D eigenvalue weighted by Gasteiger charge is -2.57. The first-order chi connectivity index (χ1) is 15.1. The number of rotatable bonds is 11. The average molecular weight is 465 g/mol. The minimum absolute atomic E-state index is 0.00345. The molecule has 6 nitrogen and oxygen atoms in total. The molecule has 3 aliphatic heterocycles. The molecule has 1 aliphatic carbocycles. The van der Waals surface area contributed by atoms with E-state index in [2.05, 4.69) is 34.3 Å². The van der Waals surface area contributed by atoms with Crippen molar-refractivity contribution in [1.82, 2.24) is 0 Å². The van der Waals surface area contributed by atoms with Gasteiger partial charge in [0.25, 0.3) is 0 Å². The van der Waals surface area contributed by atoms with Crippen molar-refractivity contribution in [2.24, 2.45) is 23.7 Å². The molecule has 1 spiro atoms. The number of ether oxygens (including phenoxy) is 2. The quantitative estimate of drug-likeness (QED) is 0.211. The minimum Gasteiger partial charge on any atom is -0.486 e. The summed E-state index contributed by atoms with van der Waals surface area (Å²) >= 11 is 0. The lowest BCUT2D eigenvalue weighted by Crippen LogP contribution is -2.65. The fourth-order valence-corrected chi connectivity index (χ4v) is 8.78. The molecule has 1 N–H and O–H groups in total. The van der Waals surface area contributed by atoms with Gasteiger partial charge in [0.1, 0.15) is 11.7 Å². The van der Waals surface area contributed by atoms with Crippen LogP contribution >= 0.6 is 0 Å². The highest BCUT2D eigenvalue weighted by Gasteiger charge is 2.68. The topological polar surface area (TPSA) is 82.1 Å². The Hall–Kier alpha value is -1.44. The van der Waals surface area contributed by atoms with Crippen molar-refractivity contribution >= 4 is 20.1 Å².